The molecule has 2 aromatic carbocycles. The molecule has 0 spiro atoms. The number of nitrogens with zero attached hydrogens (tertiary/aromatic N) is 1. The number of nitrogens with one attached hydrogen (secondary N) is 1. The molecule has 0 radical (unpaired) electrons. The summed E-state index contributed by atoms with van der Waals surface area (Å²) in [5.41, 5.74) is 3.01. The SMILES string of the molecule is CS(O)(O)NCc1ccc(-c2cccc(CC(=O)C3(c4ccc5c(c4)OC(F)(F)O5)CC3)n2)cc1. The Bertz CT molecular complexity index is 1270. The van der Waals surface area contributed by atoms with E-state index in [1.165, 1.54) is 18.4 Å². The van der Waals surface area contributed by atoms with Gasteiger partial charge in [-0.15, -0.1) is 19.6 Å². The van der Waals surface area contributed by atoms with E-state index in [0.29, 0.717) is 36.3 Å². The van der Waals surface area contributed by atoms with Crippen molar-refractivity contribution in [2.24, 2.45) is 0 Å². The van der Waals surface area contributed by atoms with E-state index in [-0.39, 0.29) is 23.7 Å². The van der Waals surface area contributed by atoms with Crippen LogP contribution in [-0.2, 0) is 23.2 Å². The van der Waals surface area contributed by atoms with Crippen LogP contribution in [0.25, 0.3) is 11.3 Å². The lowest BCUT2D eigenvalue weighted by Crippen LogP contribution is -2.26. The molecule has 0 bridgehead atoms. The summed E-state index contributed by atoms with van der Waals surface area (Å²) in [5.74, 6) is -0.122. The highest BCUT2D eigenvalue weighted by Crippen LogP contribution is 2.52. The molecule has 0 atom stereocenters. The molecule has 10 heteroatoms. The van der Waals surface area contributed by atoms with Crippen LogP contribution in [0.15, 0.2) is 60.7 Å². The summed E-state index contributed by atoms with van der Waals surface area (Å²) < 4.78 is 57.3. The lowest BCUT2D eigenvalue weighted by molar-refractivity contribution is -0.286. The fourth-order valence-corrected chi connectivity index (χ4v) is 4.63. The van der Waals surface area contributed by atoms with Gasteiger partial charge in [0.25, 0.3) is 0 Å². The van der Waals surface area contributed by atoms with Gasteiger partial charge < -0.3 is 9.47 Å². The van der Waals surface area contributed by atoms with Crippen LogP contribution < -0.4 is 14.2 Å². The van der Waals surface area contributed by atoms with Gasteiger partial charge in [-0.25, -0.2) is 4.72 Å². The number of ketones is 1. The van der Waals surface area contributed by atoms with Crippen LogP contribution >= 0.6 is 10.8 Å². The molecule has 184 valence electrons. The van der Waals surface area contributed by atoms with Gasteiger partial charge in [-0.2, -0.15) is 0 Å². The normalized spacial score (nSPS) is 17.7. The lowest BCUT2D eigenvalue weighted by Gasteiger charge is -2.27. The van der Waals surface area contributed by atoms with Gasteiger partial charge >= 0.3 is 6.29 Å². The Balaban J connectivity index is 1.29. The van der Waals surface area contributed by atoms with Crippen LogP contribution in [0.2, 0.25) is 0 Å². The quantitative estimate of drug-likeness (QED) is 0.384. The number of halogens is 2. The van der Waals surface area contributed by atoms with Gasteiger partial charge in [0.15, 0.2) is 11.5 Å². The fraction of sp³-hybridized carbons (Fsp3) is 0.280. The highest BCUT2D eigenvalue weighted by Gasteiger charge is 2.52. The molecule has 7 nitrogen and oxygen atoms in total. The number of benzene rings is 2. The van der Waals surface area contributed by atoms with Gasteiger partial charge in [-0.1, -0.05) is 36.4 Å². The Morgan fingerprint density at radius 3 is 2.46 bits per heavy atom. The first-order chi connectivity index (χ1) is 16.5. The van der Waals surface area contributed by atoms with Crippen molar-refractivity contribution in [3.63, 3.8) is 0 Å². The highest BCUT2D eigenvalue weighted by atomic mass is 32.3. The number of hydrogen-bond acceptors (Lipinski definition) is 7. The maximum Gasteiger partial charge on any atom is 0.586 e. The predicted molar refractivity (Wildman–Crippen MR) is 128 cm³/mol. The van der Waals surface area contributed by atoms with E-state index in [9.17, 15) is 22.7 Å². The molecule has 1 saturated carbocycles. The molecule has 1 aliphatic carbocycles. The summed E-state index contributed by atoms with van der Waals surface area (Å²) in [6, 6.07) is 17.5. The Labute approximate surface area is 202 Å². The Hall–Kier alpha value is -3.05. The second-order valence-electron chi connectivity index (χ2n) is 8.88. The molecule has 35 heavy (non-hydrogen) atoms. The van der Waals surface area contributed by atoms with Gasteiger partial charge in [-0.3, -0.25) is 18.9 Å². The third-order valence-corrected chi connectivity index (χ3v) is 6.88. The average molecular weight is 503 g/mol. The first-order valence-corrected chi connectivity index (χ1v) is 13.0. The zero-order chi connectivity index (χ0) is 24.8. The number of Topliss-reactive ketones (excluding diaryl/α,β-unsaturated/α-hetero) is 1. The summed E-state index contributed by atoms with van der Waals surface area (Å²) in [7, 11) is -2.78. The number of pyridine rings is 1. The monoisotopic (exact) mass is 502 g/mol. The van der Waals surface area contributed by atoms with Crippen molar-refractivity contribution in [2.45, 2.75) is 37.5 Å². The molecule has 3 aromatic rings. The molecular weight excluding hydrogens is 478 g/mol. The Kier molecular flexibility index (Phi) is 5.79. The number of carbonyl (C=O) groups is 1. The lowest BCUT2D eigenvalue weighted by atomic mass is 9.88. The van der Waals surface area contributed by atoms with Crippen LogP contribution in [0.1, 0.15) is 29.7 Å². The van der Waals surface area contributed by atoms with Crippen LogP contribution in [0.4, 0.5) is 8.78 Å². The molecule has 0 amide bonds. The minimum atomic E-state index is -3.69. The van der Waals surface area contributed by atoms with Crippen molar-refractivity contribution in [1.82, 2.24) is 9.71 Å². The van der Waals surface area contributed by atoms with Crippen LogP contribution in [-0.4, -0.2) is 32.4 Å². The summed E-state index contributed by atoms with van der Waals surface area (Å²) in [5, 5.41) is 0. The molecular formula is C25H24F2N2O5S. The van der Waals surface area contributed by atoms with Gasteiger partial charge in [0.1, 0.15) is 5.78 Å². The van der Waals surface area contributed by atoms with Crippen LogP contribution in [0.3, 0.4) is 0 Å². The number of carbonyl (C=O) groups excluding carboxylic acids is 1. The first kappa shape index (κ1) is 23.7. The maximum absolute atomic E-state index is 13.4. The van der Waals surface area contributed by atoms with E-state index in [0.717, 1.165) is 11.1 Å². The average Bonchev–Trinajstić information content (AvgIpc) is 3.55. The van der Waals surface area contributed by atoms with Crippen LogP contribution in [0, 0.1) is 0 Å². The summed E-state index contributed by atoms with van der Waals surface area (Å²) in [4.78, 5) is 17.9. The molecule has 5 rings (SSSR count). The van der Waals surface area contributed by atoms with E-state index in [4.69, 9.17) is 0 Å². The molecule has 3 N–H and O–H groups in total. The van der Waals surface area contributed by atoms with Crippen LogP contribution in [0.5, 0.6) is 11.5 Å². The van der Waals surface area contributed by atoms with Crippen molar-refractivity contribution >= 4 is 16.6 Å². The Morgan fingerprint density at radius 1 is 1.06 bits per heavy atom. The fourth-order valence-electron chi connectivity index (χ4n) is 4.19. The van der Waals surface area contributed by atoms with Crippen molar-refractivity contribution in [3.8, 4) is 22.8 Å². The third-order valence-electron chi connectivity index (χ3n) is 6.19. The van der Waals surface area contributed by atoms with Crippen molar-refractivity contribution in [1.29, 1.82) is 0 Å². The second-order valence-corrected chi connectivity index (χ2v) is 10.8. The number of alkyl halides is 2. The zero-order valence-electron chi connectivity index (χ0n) is 18.8. The molecule has 2 heterocycles. The molecule has 1 aliphatic heterocycles. The number of ether oxygens (including phenoxy) is 2. The van der Waals surface area contributed by atoms with E-state index in [1.54, 1.807) is 12.1 Å². The van der Waals surface area contributed by atoms with Gasteiger partial charge in [-0.05, 0) is 48.2 Å². The first-order valence-electron chi connectivity index (χ1n) is 11.0. The zero-order valence-corrected chi connectivity index (χ0v) is 19.6. The van der Waals surface area contributed by atoms with E-state index in [1.807, 2.05) is 36.4 Å². The third kappa shape index (κ3) is 5.15. The van der Waals surface area contributed by atoms with E-state index >= 15 is 0 Å². The number of fused-ring (bicyclic) bond motifs is 1. The van der Waals surface area contributed by atoms with Crippen molar-refractivity contribution < 1.29 is 32.2 Å². The standard InChI is InChI=1S/C25H24F2N2O5S/c1-35(31,32)28-15-16-5-7-17(8-6-16)20-4-2-3-19(29-20)14-23(30)24(11-12-24)18-9-10-21-22(13-18)34-25(26,27)33-21/h2-10,13,28,31-32H,11-12,14-15H2,1H3. The topological polar surface area (TPSA) is 101 Å². The second kappa shape index (κ2) is 8.56. The molecule has 0 unspecified atom stereocenters. The van der Waals surface area contributed by atoms with Gasteiger partial charge in [0.2, 0.25) is 0 Å². The summed E-state index contributed by atoms with van der Waals surface area (Å²) in [6.45, 7) is 0.320. The predicted octanol–water partition coefficient (Wildman–Crippen LogP) is 5.30. The molecule has 1 fully saturated rings. The summed E-state index contributed by atoms with van der Waals surface area (Å²) >= 11 is 0. The highest BCUT2D eigenvalue weighted by molar-refractivity contribution is 8.22. The van der Waals surface area contributed by atoms with Gasteiger partial charge in [0.05, 0.1) is 11.1 Å². The van der Waals surface area contributed by atoms with Crippen molar-refractivity contribution in [2.75, 3.05) is 6.26 Å². The Morgan fingerprint density at radius 2 is 1.77 bits per heavy atom. The van der Waals surface area contributed by atoms with E-state index in [2.05, 4.69) is 19.2 Å². The van der Waals surface area contributed by atoms with Crippen molar-refractivity contribution in [3.05, 3.63) is 77.5 Å². The number of hydrogen-bond donors (Lipinski definition) is 3. The molecule has 1 aromatic heterocycles. The largest absolute Gasteiger partial charge is 0.586 e. The number of rotatable bonds is 8. The number of aromatic nitrogens is 1. The molecule has 0 saturated heterocycles. The minimum absolute atomic E-state index is 0.0206. The minimum Gasteiger partial charge on any atom is -0.395 e. The summed E-state index contributed by atoms with van der Waals surface area (Å²) in [6.07, 6.45) is -0.970. The maximum atomic E-state index is 13.4. The van der Waals surface area contributed by atoms with E-state index < -0.39 is 22.5 Å². The molecule has 2 aliphatic rings. The smallest absolute Gasteiger partial charge is 0.395 e. The van der Waals surface area contributed by atoms with Gasteiger partial charge in [0, 0.05) is 30.5 Å².